The van der Waals surface area contributed by atoms with Crippen LogP contribution in [-0.2, 0) is 14.4 Å². The summed E-state index contributed by atoms with van der Waals surface area (Å²) in [4.78, 5) is 40.9. The van der Waals surface area contributed by atoms with Gasteiger partial charge in [0.25, 0.3) is 0 Å². The molecule has 0 saturated carbocycles. The lowest BCUT2D eigenvalue weighted by Gasteiger charge is -2.38. The summed E-state index contributed by atoms with van der Waals surface area (Å²) in [6.45, 7) is 11.4. The summed E-state index contributed by atoms with van der Waals surface area (Å²) < 4.78 is 4.95. The maximum absolute atomic E-state index is 13.6. The molecular weight excluding hydrogens is 456 g/mol. The van der Waals surface area contributed by atoms with Crippen molar-refractivity contribution in [1.82, 2.24) is 15.4 Å². The summed E-state index contributed by atoms with van der Waals surface area (Å²) in [7, 11) is 0. The zero-order valence-electron chi connectivity index (χ0n) is 20.8. The smallest absolute Gasteiger partial charge is 0.247 e. The van der Waals surface area contributed by atoms with E-state index in [1.165, 1.54) is 0 Å². The van der Waals surface area contributed by atoms with Crippen molar-refractivity contribution >= 4 is 35.1 Å². The van der Waals surface area contributed by atoms with Gasteiger partial charge >= 0.3 is 0 Å². The summed E-state index contributed by atoms with van der Waals surface area (Å²) in [5, 5.41) is 9.81. The molecule has 8 nitrogen and oxygen atoms in total. The van der Waals surface area contributed by atoms with Crippen LogP contribution in [0, 0.1) is 6.92 Å². The molecule has 1 heterocycles. The first-order chi connectivity index (χ1) is 16.0. The molecule has 0 aliphatic rings. The van der Waals surface area contributed by atoms with E-state index in [-0.39, 0.29) is 36.6 Å². The molecule has 0 radical (unpaired) electrons. The molecule has 0 fully saturated rings. The molecule has 1 aromatic carbocycles. The fourth-order valence-corrected chi connectivity index (χ4v) is 3.66. The standard InChI is InChI=1S/C25H35ClN4O4/c1-7-16(3)30(22(32)14-13-21(31)27-20-15-17(4)34-29-20)23(18-11-9-10-12-19(18)26)24(33)28-25(5,6)8-2/h9-12,15-16,23H,7-8,13-14H2,1-6H3,(H,28,33)(H,27,29,31). The van der Waals surface area contributed by atoms with Crippen molar-refractivity contribution in [2.24, 2.45) is 0 Å². The van der Waals surface area contributed by atoms with Crippen LogP contribution in [0.5, 0.6) is 0 Å². The first kappa shape index (κ1) is 27.4. The summed E-state index contributed by atoms with van der Waals surface area (Å²) in [6, 6.07) is 7.44. The molecule has 0 aliphatic heterocycles. The third-order valence-electron chi connectivity index (χ3n) is 5.89. The number of halogens is 1. The third-order valence-corrected chi connectivity index (χ3v) is 6.23. The first-order valence-electron chi connectivity index (χ1n) is 11.6. The average molecular weight is 491 g/mol. The fraction of sp³-hybridized carbons (Fsp3) is 0.520. The summed E-state index contributed by atoms with van der Waals surface area (Å²) in [5.41, 5.74) is 0.0841. The van der Waals surface area contributed by atoms with Crippen LogP contribution in [-0.4, -0.2) is 39.4 Å². The number of amides is 3. The zero-order valence-corrected chi connectivity index (χ0v) is 21.5. The average Bonchev–Trinajstić information content (AvgIpc) is 3.19. The number of aromatic nitrogens is 1. The number of hydrogen-bond acceptors (Lipinski definition) is 5. The highest BCUT2D eigenvalue weighted by atomic mass is 35.5. The second-order valence-electron chi connectivity index (χ2n) is 9.08. The highest BCUT2D eigenvalue weighted by molar-refractivity contribution is 6.31. The Hall–Kier alpha value is -2.87. The number of aryl methyl sites for hydroxylation is 1. The Morgan fingerprint density at radius 1 is 1.18 bits per heavy atom. The Morgan fingerprint density at radius 3 is 2.41 bits per heavy atom. The van der Waals surface area contributed by atoms with E-state index >= 15 is 0 Å². The number of nitrogens with one attached hydrogen (secondary N) is 2. The number of carbonyl (C=O) groups excluding carboxylic acids is 3. The van der Waals surface area contributed by atoms with Crippen LogP contribution in [0.2, 0.25) is 5.02 Å². The van der Waals surface area contributed by atoms with Crippen molar-refractivity contribution < 1.29 is 18.9 Å². The molecule has 0 aliphatic carbocycles. The largest absolute Gasteiger partial charge is 0.360 e. The van der Waals surface area contributed by atoms with Crippen molar-refractivity contribution in [3.8, 4) is 0 Å². The van der Waals surface area contributed by atoms with Gasteiger partial charge in [-0.05, 0) is 46.6 Å². The Labute approximate surface area is 206 Å². The fourth-order valence-electron chi connectivity index (χ4n) is 3.43. The van der Waals surface area contributed by atoms with Crippen molar-refractivity contribution in [3.63, 3.8) is 0 Å². The van der Waals surface area contributed by atoms with Crippen molar-refractivity contribution in [2.45, 2.75) is 84.8 Å². The van der Waals surface area contributed by atoms with E-state index in [1.807, 2.05) is 34.6 Å². The lowest BCUT2D eigenvalue weighted by molar-refractivity contribution is -0.144. The van der Waals surface area contributed by atoms with Crippen molar-refractivity contribution in [1.29, 1.82) is 0 Å². The van der Waals surface area contributed by atoms with Gasteiger partial charge in [0.2, 0.25) is 17.7 Å². The Bertz CT molecular complexity index is 1000. The van der Waals surface area contributed by atoms with Gasteiger partial charge in [-0.25, -0.2) is 0 Å². The van der Waals surface area contributed by atoms with E-state index in [4.69, 9.17) is 16.1 Å². The molecule has 2 aromatic rings. The van der Waals surface area contributed by atoms with Crippen molar-refractivity contribution in [2.75, 3.05) is 5.32 Å². The minimum Gasteiger partial charge on any atom is -0.360 e. The SMILES string of the molecule is CCC(C)N(C(=O)CCC(=O)Nc1cc(C)on1)C(C(=O)NC(C)(C)CC)c1ccccc1Cl. The highest BCUT2D eigenvalue weighted by Crippen LogP contribution is 2.31. The molecule has 9 heteroatoms. The minimum atomic E-state index is -0.928. The van der Waals surface area contributed by atoms with Gasteiger partial charge in [0.15, 0.2) is 5.82 Å². The molecule has 2 rings (SSSR count). The van der Waals surface area contributed by atoms with Gasteiger partial charge in [0.1, 0.15) is 11.8 Å². The topological polar surface area (TPSA) is 105 Å². The van der Waals surface area contributed by atoms with Crippen LogP contribution in [0.3, 0.4) is 0 Å². The van der Waals surface area contributed by atoms with Crippen LogP contribution in [0.15, 0.2) is 34.9 Å². The molecule has 1 aromatic heterocycles. The third kappa shape index (κ3) is 7.32. The van der Waals surface area contributed by atoms with Crippen LogP contribution >= 0.6 is 11.6 Å². The van der Waals surface area contributed by atoms with Crippen LogP contribution in [0.4, 0.5) is 5.82 Å². The van der Waals surface area contributed by atoms with Crippen molar-refractivity contribution in [3.05, 3.63) is 46.7 Å². The van der Waals surface area contributed by atoms with Gasteiger partial charge in [-0.1, -0.05) is 48.8 Å². The molecule has 0 saturated heterocycles. The monoisotopic (exact) mass is 490 g/mol. The molecule has 0 spiro atoms. The second-order valence-corrected chi connectivity index (χ2v) is 9.49. The zero-order chi connectivity index (χ0) is 25.5. The van der Waals surface area contributed by atoms with Gasteiger partial charge in [-0.2, -0.15) is 0 Å². The molecule has 0 bridgehead atoms. The van der Waals surface area contributed by atoms with Crippen LogP contribution in [0.1, 0.15) is 77.7 Å². The van der Waals surface area contributed by atoms with E-state index in [0.29, 0.717) is 35.0 Å². The van der Waals surface area contributed by atoms with Gasteiger partial charge in [0.05, 0.1) is 0 Å². The first-order valence-corrected chi connectivity index (χ1v) is 12.0. The van der Waals surface area contributed by atoms with E-state index in [2.05, 4.69) is 15.8 Å². The highest BCUT2D eigenvalue weighted by Gasteiger charge is 2.37. The second kappa shape index (κ2) is 12.0. The number of rotatable bonds is 11. The molecular formula is C25H35ClN4O4. The van der Waals surface area contributed by atoms with E-state index in [0.717, 1.165) is 0 Å². The van der Waals surface area contributed by atoms with Gasteiger partial charge in [0, 0.05) is 41.1 Å². The van der Waals surface area contributed by atoms with Crippen LogP contribution in [0.25, 0.3) is 0 Å². The van der Waals surface area contributed by atoms with E-state index in [9.17, 15) is 14.4 Å². The minimum absolute atomic E-state index is 0.0605. The number of benzene rings is 1. The molecule has 3 amide bonds. The Morgan fingerprint density at radius 2 is 1.85 bits per heavy atom. The van der Waals surface area contributed by atoms with E-state index in [1.54, 1.807) is 42.2 Å². The van der Waals surface area contributed by atoms with E-state index < -0.39 is 11.6 Å². The summed E-state index contributed by atoms with van der Waals surface area (Å²) >= 11 is 6.49. The van der Waals surface area contributed by atoms with Gasteiger partial charge in [-0.15, -0.1) is 0 Å². The maximum Gasteiger partial charge on any atom is 0.247 e. The molecule has 2 N–H and O–H groups in total. The molecule has 186 valence electrons. The number of anilines is 1. The normalized spacial score (nSPS) is 13.1. The molecule has 2 unspecified atom stereocenters. The number of nitrogens with zero attached hydrogens (tertiary/aromatic N) is 2. The predicted octanol–water partition coefficient (Wildman–Crippen LogP) is 5.03. The number of carbonyl (C=O) groups is 3. The summed E-state index contributed by atoms with van der Waals surface area (Å²) in [5.74, 6) is -0.121. The lowest BCUT2D eigenvalue weighted by atomic mass is 9.97. The van der Waals surface area contributed by atoms with Gasteiger partial charge < -0.3 is 20.1 Å². The van der Waals surface area contributed by atoms with Crippen LogP contribution < -0.4 is 10.6 Å². The quantitative estimate of drug-likeness (QED) is 0.459. The molecule has 2 atom stereocenters. The number of hydrogen-bond donors (Lipinski definition) is 2. The predicted molar refractivity (Wildman–Crippen MR) is 132 cm³/mol. The Kier molecular flexibility index (Phi) is 9.67. The lowest BCUT2D eigenvalue weighted by Crippen LogP contribution is -2.52. The maximum atomic E-state index is 13.6. The molecule has 34 heavy (non-hydrogen) atoms. The van der Waals surface area contributed by atoms with Gasteiger partial charge in [-0.3, -0.25) is 14.4 Å². The summed E-state index contributed by atoms with van der Waals surface area (Å²) in [6.07, 6.45) is 1.21. The Balaban J connectivity index is 2.31.